The molecule has 1 aliphatic heterocycles. The second-order valence-corrected chi connectivity index (χ2v) is 6.02. The fourth-order valence-corrected chi connectivity index (χ4v) is 3.36. The summed E-state index contributed by atoms with van der Waals surface area (Å²) in [4.78, 5) is 9.74. The average Bonchev–Trinajstić information content (AvgIpc) is 3.21. The van der Waals surface area contributed by atoms with Gasteiger partial charge in [-0.2, -0.15) is 0 Å². The van der Waals surface area contributed by atoms with Gasteiger partial charge in [-0.1, -0.05) is 23.7 Å². The van der Waals surface area contributed by atoms with Crippen LogP contribution in [0.3, 0.4) is 0 Å². The van der Waals surface area contributed by atoms with E-state index in [-0.39, 0.29) is 16.9 Å². The number of aromatic amines is 1. The Hall–Kier alpha value is -2.11. The number of hydrogen-bond acceptors (Lipinski definition) is 3. The molecule has 0 fully saturated rings. The molecule has 1 N–H and O–H groups in total. The Morgan fingerprint density at radius 3 is 3.09 bits per heavy atom. The van der Waals surface area contributed by atoms with Crippen LogP contribution in [0.2, 0.25) is 5.02 Å². The summed E-state index contributed by atoms with van der Waals surface area (Å²) in [5, 5.41) is 0.128. The van der Waals surface area contributed by atoms with E-state index in [9.17, 15) is 4.39 Å². The Morgan fingerprint density at radius 1 is 1.35 bits per heavy atom. The summed E-state index contributed by atoms with van der Waals surface area (Å²) in [6, 6.07) is 8.59. The molecule has 23 heavy (non-hydrogen) atoms. The van der Waals surface area contributed by atoms with Gasteiger partial charge in [0, 0.05) is 24.2 Å². The standard InChI is InChI=1S/C17H15ClFN3O/c18-13-5-1-4-12(15(13)19)17-16-14(20-10-21-16)6-7-22(17)9-11-3-2-8-23-11/h1-5,8,10,17H,6-7,9H2,(H,20,21)/t17-/m1/s1. The molecule has 0 saturated carbocycles. The number of aromatic nitrogens is 2. The zero-order chi connectivity index (χ0) is 15.8. The Balaban J connectivity index is 1.79. The van der Waals surface area contributed by atoms with Gasteiger partial charge >= 0.3 is 0 Å². The molecule has 6 heteroatoms. The van der Waals surface area contributed by atoms with Crippen LogP contribution < -0.4 is 0 Å². The monoisotopic (exact) mass is 331 g/mol. The fraction of sp³-hybridized carbons (Fsp3) is 0.235. The minimum Gasteiger partial charge on any atom is -0.468 e. The first-order chi connectivity index (χ1) is 11.2. The van der Waals surface area contributed by atoms with Crippen molar-refractivity contribution < 1.29 is 8.81 Å². The minimum absolute atomic E-state index is 0.128. The number of nitrogens with one attached hydrogen (secondary N) is 1. The van der Waals surface area contributed by atoms with E-state index in [0.29, 0.717) is 12.1 Å². The van der Waals surface area contributed by atoms with Crippen LogP contribution in [0.4, 0.5) is 4.39 Å². The van der Waals surface area contributed by atoms with E-state index in [1.165, 1.54) is 0 Å². The van der Waals surface area contributed by atoms with Gasteiger partial charge in [0.1, 0.15) is 11.6 Å². The van der Waals surface area contributed by atoms with E-state index in [2.05, 4.69) is 14.9 Å². The quantitative estimate of drug-likeness (QED) is 0.790. The van der Waals surface area contributed by atoms with Crippen molar-refractivity contribution in [1.29, 1.82) is 0 Å². The van der Waals surface area contributed by atoms with Gasteiger partial charge in [0.15, 0.2) is 0 Å². The van der Waals surface area contributed by atoms with Gasteiger partial charge in [0.05, 0.1) is 35.9 Å². The van der Waals surface area contributed by atoms with Gasteiger partial charge in [-0.25, -0.2) is 9.37 Å². The highest BCUT2D eigenvalue weighted by Crippen LogP contribution is 2.37. The van der Waals surface area contributed by atoms with Gasteiger partial charge in [0.25, 0.3) is 0 Å². The van der Waals surface area contributed by atoms with E-state index in [4.69, 9.17) is 16.0 Å². The third-order valence-electron chi connectivity index (χ3n) is 4.24. The lowest BCUT2D eigenvalue weighted by Crippen LogP contribution is -2.36. The summed E-state index contributed by atoms with van der Waals surface area (Å²) in [6.45, 7) is 1.38. The molecule has 3 aromatic rings. The number of furan rings is 1. The average molecular weight is 332 g/mol. The molecule has 0 amide bonds. The molecule has 0 aliphatic carbocycles. The Kier molecular flexibility index (Phi) is 3.67. The fourth-order valence-electron chi connectivity index (χ4n) is 3.17. The predicted octanol–water partition coefficient (Wildman–Crippen LogP) is 3.94. The van der Waals surface area contributed by atoms with Crippen molar-refractivity contribution >= 4 is 11.6 Å². The van der Waals surface area contributed by atoms with Gasteiger partial charge in [-0.15, -0.1) is 0 Å². The third kappa shape index (κ3) is 2.56. The first-order valence-corrected chi connectivity index (χ1v) is 7.84. The molecule has 4 rings (SSSR count). The molecular formula is C17H15ClFN3O. The number of nitrogens with zero attached hydrogens (tertiary/aromatic N) is 2. The maximum Gasteiger partial charge on any atom is 0.146 e. The van der Waals surface area contributed by atoms with Gasteiger partial charge in [0.2, 0.25) is 0 Å². The number of imidazole rings is 1. The van der Waals surface area contributed by atoms with E-state index in [0.717, 1.165) is 30.1 Å². The maximum absolute atomic E-state index is 14.6. The number of rotatable bonds is 3. The number of H-pyrrole nitrogens is 1. The van der Waals surface area contributed by atoms with E-state index >= 15 is 0 Å². The molecule has 118 valence electrons. The Labute approximate surface area is 137 Å². The lowest BCUT2D eigenvalue weighted by molar-refractivity contribution is 0.182. The molecule has 1 atom stereocenters. The van der Waals surface area contributed by atoms with E-state index in [1.807, 2.05) is 12.1 Å². The molecule has 1 aliphatic rings. The van der Waals surface area contributed by atoms with Crippen LogP contribution in [0.1, 0.15) is 28.8 Å². The number of halogens is 2. The Morgan fingerprint density at radius 2 is 2.26 bits per heavy atom. The molecule has 0 saturated heterocycles. The second-order valence-electron chi connectivity index (χ2n) is 5.61. The van der Waals surface area contributed by atoms with Crippen LogP contribution in [0.25, 0.3) is 0 Å². The highest BCUT2D eigenvalue weighted by Gasteiger charge is 2.33. The SMILES string of the molecule is Fc1c(Cl)cccc1[C@@H]1c2nc[nH]c2CCN1Cc1ccco1. The zero-order valence-corrected chi connectivity index (χ0v) is 13.1. The summed E-state index contributed by atoms with van der Waals surface area (Å²) in [5.74, 6) is 0.455. The summed E-state index contributed by atoms with van der Waals surface area (Å²) >= 11 is 5.98. The van der Waals surface area contributed by atoms with E-state index < -0.39 is 0 Å². The van der Waals surface area contributed by atoms with Crippen LogP contribution in [-0.4, -0.2) is 21.4 Å². The third-order valence-corrected chi connectivity index (χ3v) is 4.53. The molecule has 0 radical (unpaired) electrons. The molecule has 0 spiro atoms. The summed E-state index contributed by atoms with van der Waals surface area (Å²) in [7, 11) is 0. The molecule has 0 bridgehead atoms. The summed E-state index contributed by atoms with van der Waals surface area (Å²) < 4.78 is 20.1. The van der Waals surface area contributed by atoms with Crippen molar-refractivity contribution in [1.82, 2.24) is 14.9 Å². The van der Waals surface area contributed by atoms with Crippen molar-refractivity contribution in [2.75, 3.05) is 6.54 Å². The Bertz CT molecular complexity index is 815. The second kappa shape index (κ2) is 5.83. The van der Waals surface area contributed by atoms with Crippen LogP contribution in [-0.2, 0) is 13.0 Å². The number of benzene rings is 1. The summed E-state index contributed by atoms with van der Waals surface area (Å²) in [6.07, 6.45) is 4.15. The molecule has 2 aromatic heterocycles. The van der Waals surface area contributed by atoms with Gasteiger partial charge in [-0.3, -0.25) is 4.90 Å². The smallest absolute Gasteiger partial charge is 0.146 e. The highest BCUT2D eigenvalue weighted by molar-refractivity contribution is 6.30. The van der Waals surface area contributed by atoms with E-state index in [1.54, 1.807) is 30.8 Å². The zero-order valence-electron chi connectivity index (χ0n) is 12.3. The van der Waals surface area contributed by atoms with Crippen LogP contribution in [0.15, 0.2) is 47.3 Å². The van der Waals surface area contributed by atoms with Crippen molar-refractivity contribution in [2.45, 2.75) is 19.0 Å². The molecular weight excluding hydrogens is 317 g/mol. The van der Waals surface area contributed by atoms with Crippen LogP contribution in [0.5, 0.6) is 0 Å². The van der Waals surface area contributed by atoms with Crippen molar-refractivity contribution in [3.63, 3.8) is 0 Å². The highest BCUT2D eigenvalue weighted by atomic mass is 35.5. The number of fused-ring (bicyclic) bond motifs is 1. The molecule has 4 nitrogen and oxygen atoms in total. The normalized spacial score (nSPS) is 18.1. The largest absolute Gasteiger partial charge is 0.468 e. The lowest BCUT2D eigenvalue weighted by atomic mass is 9.95. The first kappa shape index (κ1) is 14.5. The van der Waals surface area contributed by atoms with Crippen molar-refractivity contribution in [3.05, 3.63) is 76.5 Å². The van der Waals surface area contributed by atoms with Crippen molar-refractivity contribution in [3.8, 4) is 0 Å². The summed E-state index contributed by atoms with van der Waals surface area (Å²) in [5.41, 5.74) is 2.44. The minimum atomic E-state index is -0.389. The van der Waals surface area contributed by atoms with Crippen molar-refractivity contribution in [2.24, 2.45) is 0 Å². The predicted molar refractivity (Wildman–Crippen MR) is 84.7 cm³/mol. The maximum atomic E-state index is 14.6. The topological polar surface area (TPSA) is 45.1 Å². The van der Waals surface area contributed by atoms with Gasteiger partial charge < -0.3 is 9.40 Å². The molecule has 1 aromatic carbocycles. The first-order valence-electron chi connectivity index (χ1n) is 7.46. The number of hydrogen-bond donors (Lipinski definition) is 1. The molecule has 0 unspecified atom stereocenters. The van der Waals surface area contributed by atoms with Crippen LogP contribution >= 0.6 is 11.6 Å². The lowest BCUT2D eigenvalue weighted by Gasteiger charge is -2.34. The molecule has 3 heterocycles. The van der Waals surface area contributed by atoms with Crippen LogP contribution in [0, 0.1) is 5.82 Å². The van der Waals surface area contributed by atoms with Gasteiger partial charge in [-0.05, 0) is 18.2 Å².